The number of para-hydroxylation sites is 1. The van der Waals surface area contributed by atoms with Gasteiger partial charge in [0.25, 0.3) is 5.91 Å². The fourth-order valence-corrected chi connectivity index (χ4v) is 5.11. The van der Waals surface area contributed by atoms with E-state index in [2.05, 4.69) is 31.9 Å². The maximum Gasteiger partial charge on any atom is 0.256 e. The van der Waals surface area contributed by atoms with Crippen LogP contribution in [-0.4, -0.2) is 47.0 Å². The summed E-state index contributed by atoms with van der Waals surface area (Å²) >= 11 is 5.22. The molecule has 0 saturated carbocycles. The highest BCUT2D eigenvalue weighted by molar-refractivity contribution is 9.10. The highest BCUT2D eigenvalue weighted by Crippen LogP contribution is 2.31. The van der Waals surface area contributed by atoms with Crippen molar-refractivity contribution < 1.29 is 4.79 Å². The second kappa shape index (κ2) is 6.65. The lowest BCUT2D eigenvalue weighted by atomic mass is 10.1. The number of aromatic nitrogens is 2. The molecule has 0 radical (unpaired) electrons. The molecule has 2 aromatic heterocycles. The van der Waals surface area contributed by atoms with Gasteiger partial charge in [-0.05, 0) is 24.3 Å². The second-order valence-electron chi connectivity index (χ2n) is 6.64. The molecule has 0 unspecified atom stereocenters. The second-order valence-corrected chi connectivity index (χ2v) is 8.56. The third-order valence-electron chi connectivity index (χ3n) is 5.00. The highest BCUT2D eigenvalue weighted by atomic mass is 79.9. The van der Waals surface area contributed by atoms with E-state index in [1.807, 2.05) is 47.5 Å². The fraction of sp³-hybridized carbons (Fsp3) is 0.200. The number of rotatable bonds is 2. The van der Waals surface area contributed by atoms with Gasteiger partial charge in [-0.25, -0.2) is 4.98 Å². The molecule has 3 heterocycles. The Morgan fingerprint density at radius 3 is 2.78 bits per heavy atom. The third kappa shape index (κ3) is 3.00. The van der Waals surface area contributed by atoms with E-state index in [4.69, 9.17) is 4.98 Å². The molecule has 4 aromatic rings. The Labute approximate surface area is 168 Å². The number of carbonyl (C=O) groups excluding carboxylic acids is 1. The topological polar surface area (TPSA) is 52.2 Å². The smallest absolute Gasteiger partial charge is 0.256 e. The summed E-state index contributed by atoms with van der Waals surface area (Å²) in [6.45, 7) is 3.01. The van der Waals surface area contributed by atoms with Crippen molar-refractivity contribution in [3.05, 3.63) is 58.7 Å². The molecule has 0 aliphatic carbocycles. The summed E-state index contributed by atoms with van der Waals surface area (Å²) in [4.78, 5) is 25.1. The molecule has 1 fully saturated rings. The number of thiazole rings is 1. The van der Waals surface area contributed by atoms with Crippen LogP contribution >= 0.6 is 27.3 Å². The number of carbonyl (C=O) groups is 1. The number of amides is 1. The van der Waals surface area contributed by atoms with Crippen molar-refractivity contribution in [2.24, 2.45) is 0 Å². The molecule has 0 spiro atoms. The van der Waals surface area contributed by atoms with Crippen LogP contribution in [-0.2, 0) is 0 Å². The number of fused-ring (bicyclic) bond motifs is 2. The molecule has 5 nitrogen and oxygen atoms in total. The minimum absolute atomic E-state index is 0.0975. The molecule has 2 aromatic carbocycles. The zero-order valence-electron chi connectivity index (χ0n) is 14.5. The van der Waals surface area contributed by atoms with Crippen LogP contribution in [0.15, 0.2) is 53.1 Å². The normalized spacial score (nSPS) is 15.0. The Morgan fingerprint density at radius 1 is 1.11 bits per heavy atom. The lowest BCUT2D eigenvalue weighted by molar-refractivity contribution is 0.0749. The number of nitrogens with zero attached hydrogens (tertiary/aromatic N) is 3. The number of aromatic amines is 1. The van der Waals surface area contributed by atoms with Crippen LogP contribution in [0.5, 0.6) is 0 Å². The number of benzene rings is 2. The number of piperazine rings is 1. The Kier molecular flexibility index (Phi) is 4.13. The van der Waals surface area contributed by atoms with E-state index in [0.29, 0.717) is 13.1 Å². The molecule has 1 amide bonds. The third-order valence-corrected chi connectivity index (χ3v) is 6.57. The van der Waals surface area contributed by atoms with Gasteiger partial charge in [-0.15, -0.1) is 0 Å². The summed E-state index contributed by atoms with van der Waals surface area (Å²) in [6.07, 6.45) is 1.82. The van der Waals surface area contributed by atoms with Gasteiger partial charge in [0.1, 0.15) is 0 Å². The fourth-order valence-electron chi connectivity index (χ4n) is 3.54. The first-order valence-corrected chi connectivity index (χ1v) is 10.5. The van der Waals surface area contributed by atoms with Gasteiger partial charge in [0, 0.05) is 47.8 Å². The van der Waals surface area contributed by atoms with Gasteiger partial charge in [0.2, 0.25) is 0 Å². The van der Waals surface area contributed by atoms with Crippen LogP contribution in [0.2, 0.25) is 0 Å². The lowest BCUT2D eigenvalue weighted by Crippen LogP contribution is -2.48. The molecule has 136 valence electrons. The average molecular weight is 441 g/mol. The molecular weight excluding hydrogens is 424 g/mol. The van der Waals surface area contributed by atoms with E-state index in [0.717, 1.165) is 44.7 Å². The summed E-state index contributed by atoms with van der Waals surface area (Å²) in [6, 6.07) is 14.1. The Hall–Kier alpha value is -2.38. The molecule has 5 rings (SSSR count). The minimum atomic E-state index is 0.0975. The van der Waals surface area contributed by atoms with E-state index < -0.39 is 0 Å². The van der Waals surface area contributed by atoms with Crippen molar-refractivity contribution >= 4 is 59.4 Å². The highest BCUT2D eigenvalue weighted by Gasteiger charge is 2.25. The van der Waals surface area contributed by atoms with Crippen LogP contribution in [0.25, 0.3) is 21.1 Å². The summed E-state index contributed by atoms with van der Waals surface area (Å²) in [5, 5.41) is 2.02. The average Bonchev–Trinajstić information content (AvgIpc) is 3.31. The lowest BCUT2D eigenvalue weighted by Gasteiger charge is -2.34. The Balaban J connectivity index is 1.32. The molecule has 0 atom stereocenters. The van der Waals surface area contributed by atoms with Crippen molar-refractivity contribution in [3.8, 4) is 0 Å². The Bertz CT molecular complexity index is 1140. The van der Waals surface area contributed by atoms with Crippen molar-refractivity contribution in [2.75, 3.05) is 31.1 Å². The molecule has 1 N–H and O–H groups in total. The van der Waals surface area contributed by atoms with E-state index in [1.54, 1.807) is 11.3 Å². The van der Waals surface area contributed by atoms with Crippen molar-refractivity contribution in [1.82, 2.24) is 14.9 Å². The van der Waals surface area contributed by atoms with Crippen molar-refractivity contribution in [3.63, 3.8) is 0 Å². The van der Waals surface area contributed by atoms with Crippen LogP contribution in [0, 0.1) is 0 Å². The quantitative estimate of drug-likeness (QED) is 0.498. The number of anilines is 1. The largest absolute Gasteiger partial charge is 0.360 e. The van der Waals surface area contributed by atoms with E-state index in [9.17, 15) is 4.79 Å². The van der Waals surface area contributed by atoms with E-state index >= 15 is 0 Å². The van der Waals surface area contributed by atoms with E-state index in [-0.39, 0.29) is 5.91 Å². The molecule has 27 heavy (non-hydrogen) atoms. The standard InChI is InChI=1S/C20H17BrN4OS/c21-13-5-6-17-18(11-13)27-20(23-17)25-9-7-24(8-10-25)19(26)15-12-22-16-4-2-1-3-14(15)16/h1-6,11-12,22H,7-10H2. The zero-order chi connectivity index (χ0) is 18.4. The van der Waals surface area contributed by atoms with Gasteiger partial charge in [0.15, 0.2) is 5.13 Å². The summed E-state index contributed by atoms with van der Waals surface area (Å²) in [7, 11) is 0. The van der Waals surface area contributed by atoms with Crippen LogP contribution in [0.4, 0.5) is 5.13 Å². The van der Waals surface area contributed by atoms with Gasteiger partial charge in [0.05, 0.1) is 15.8 Å². The van der Waals surface area contributed by atoms with Crippen molar-refractivity contribution in [2.45, 2.75) is 0 Å². The number of halogens is 1. The maximum absolute atomic E-state index is 13.0. The number of nitrogens with one attached hydrogen (secondary N) is 1. The van der Waals surface area contributed by atoms with Crippen molar-refractivity contribution in [1.29, 1.82) is 0 Å². The molecular formula is C20H17BrN4OS. The monoisotopic (exact) mass is 440 g/mol. The van der Waals surface area contributed by atoms with Crippen LogP contribution < -0.4 is 4.90 Å². The number of H-pyrrole nitrogens is 1. The molecule has 1 aliphatic rings. The van der Waals surface area contributed by atoms with Gasteiger partial charge in [-0.2, -0.15) is 0 Å². The SMILES string of the molecule is O=C(c1c[nH]c2ccccc12)N1CCN(c2nc3ccc(Br)cc3s2)CC1. The predicted molar refractivity (Wildman–Crippen MR) is 114 cm³/mol. The van der Waals surface area contributed by atoms with Crippen LogP contribution in [0.3, 0.4) is 0 Å². The zero-order valence-corrected chi connectivity index (χ0v) is 16.9. The molecule has 7 heteroatoms. The number of hydrogen-bond donors (Lipinski definition) is 1. The summed E-state index contributed by atoms with van der Waals surface area (Å²) in [5.74, 6) is 0.0975. The van der Waals surface area contributed by atoms with Gasteiger partial charge < -0.3 is 14.8 Å². The predicted octanol–water partition coefficient (Wildman–Crippen LogP) is 4.50. The number of hydrogen-bond acceptors (Lipinski definition) is 4. The summed E-state index contributed by atoms with van der Waals surface area (Å²) < 4.78 is 2.25. The first-order chi connectivity index (χ1) is 13.2. The first-order valence-electron chi connectivity index (χ1n) is 8.85. The van der Waals surface area contributed by atoms with Gasteiger partial charge in [-0.1, -0.05) is 45.5 Å². The first kappa shape index (κ1) is 16.8. The van der Waals surface area contributed by atoms with E-state index in [1.165, 1.54) is 4.70 Å². The van der Waals surface area contributed by atoms with Gasteiger partial charge >= 0.3 is 0 Å². The van der Waals surface area contributed by atoms with Gasteiger partial charge in [-0.3, -0.25) is 4.79 Å². The van der Waals surface area contributed by atoms with Crippen LogP contribution in [0.1, 0.15) is 10.4 Å². The Morgan fingerprint density at radius 2 is 1.93 bits per heavy atom. The molecule has 1 saturated heterocycles. The minimum Gasteiger partial charge on any atom is -0.360 e. The summed E-state index contributed by atoms with van der Waals surface area (Å²) in [5.41, 5.74) is 2.78. The molecule has 1 aliphatic heterocycles. The molecule has 0 bridgehead atoms. The maximum atomic E-state index is 13.0.